The van der Waals surface area contributed by atoms with Crippen molar-refractivity contribution in [2.24, 2.45) is 0 Å². The van der Waals surface area contributed by atoms with E-state index < -0.39 is 0 Å². The summed E-state index contributed by atoms with van der Waals surface area (Å²) in [5, 5.41) is 5.77. The maximum Gasteiger partial charge on any atom is 0.230 e. The molecule has 3 rings (SSSR count). The van der Waals surface area contributed by atoms with Crippen LogP contribution in [0.1, 0.15) is 12.8 Å². The number of fused-ring (bicyclic) bond motifs is 1. The van der Waals surface area contributed by atoms with Crippen LogP contribution in [0.15, 0.2) is 22.8 Å². The van der Waals surface area contributed by atoms with Gasteiger partial charge in [0.1, 0.15) is 11.4 Å². The van der Waals surface area contributed by atoms with Crippen LogP contribution in [0.3, 0.4) is 0 Å². The summed E-state index contributed by atoms with van der Waals surface area (Å²) in [5.41, 5.74) is 0.937. The van der Waals surface area contributed by atoms with Gasteiger partial charge in [0.05, 0.1) is 22.1 Å². The summed E-state index contributed by atoms with van der Waals surface area (Å²) in [6.45, 7) is 1.42. The maximum absolute atomic E-state index is 11.8. The second-order valence-corrected chi connectivity index (χ2v) is 6.42. The molecular formula is C13H15N3O2S2. The van der Waals surface area contributed by atoms with Crippen molar-refractivity contribution in [3.8, 4) is 0 Å². The lowest BCUT2D eigenvalue weighted by Gasteiger charge is -2.10. The van der Waals surface area contributed by atoms with Crippen LogP contribution in [0, 0.1) is 0 Å². The molecule has 20 heavy (non-hydrogen) atoms. The van der Waals surface area contributed by atoms with E-state index in [1.54, 1.807) is 17.7 Å². The normalized spacial score (nSPS) is 18.5. The first-order valence-corrected chi connectivity index (χ1v) is 8.39. The fraction of sp³-hybridized carbons (Fsp3) is 0.462. The van der Waals surface area contributed by atoms with Crippen molar-refractivity contribution in [3.05, 3.63) is 17.8 Å². The molecule has 7 heteroatoms. The highest BCUT2D eigenvalue weighted by atomic mass is 32.2. The zero-order valence-corrected chi connectivity index (χ0v) is 12.5. The van der Waals surface area contributed by atoms with Gasteiger partial charge in [0.2, 0.25) is 5.91 Å². The van der Waals surface area contributed by atoms with E-state index in [1.807, 2.05) is 11.4 Å². The van der Waals surface area contributed by atoms with E-state index in [4.69, 9.17) is 4.74 Å². The Morgan fingerprint density at radius 2 is 2.50 bits per heavy atom. The van der Waals surface area contributed by atoms with Gasteiger partial charge < -0.3 is 10.1 Å². The molecule has 0 aromatic carbocycles. The Morgan fingerprint density at radius 3 is 3.35 bits per heavy atom. The molecule has 1 saturated heterocycles. The second-order valence-electron chi connectivity index (χ2n) is 4.54. The van der Waals surface area contributed by atoms with E-state index in [-0.39, 0.29) is 12.0 Å². The van der Waals surface area contributed by atoms with Gasteiger partial charge in [-0.05, 0) is 24.3 Å². The van der Waals surface area contributed by atoms with Gasteiger partial charge in [-0.15, -0.1) is 11.3 Å². The number of nitrogens with zero attached hydrogens (tertiary/aromatic N) is 2. The summed E-state index contributed by atoms with van der Waals surface area (Å²) in [4.78, 5) is 20.3. The van der Waals surface area contributed by atoms with Gasteiger partial charge in [0.15, 0.2) is 0 Å². The second kappa shape index (κ2) is 6.51. The molecule has 1 fully saturated rings. The molecule has 1 atom stereocenters. The zero-order chi connectivity index (χ0) is 13.8. The number of amides is 1. The number of carbonyl (C=O) groups is 1. The molecule has 1 aliphatic rings. The SMILES string of the molecule is O=C(CSc1ncnc2ccsc12)NCC1CCCO1. The lowest BCUT2D eigenvalue weighted by atomic mass is 10.2. The maximum atomic E-state index is 11.8. The summed E-state index contributed by atoms with van der Waals surface area (Å²) < 4.78 is 6.52. The topological polar surface area (TPSA) is 64.1 Å². The fourth-order valence-electron chi connectivity index (χ4n) is 2.09. The third-order valence-corrected chi connectivity index (χ3v) is 5.13. The molecule has 3 heterocycles. The third-order valence-electron chi connectivity index (χ3n) is 3.10. The van der Waals surface area contributed by atoms with Crippen LogP contribution in [0.25, 0.3) is 10.2 Å². The lowest BCUT2D eigenvalue weighted by molar-refractivity contribution is -0.119. The van der Waals surface area contributed by atoms with Crippen LogP contribution >= 0.6 is 23.1 Å². The van der Waals surface area contributed by atoms with Gasteiger partial charge in [-0.1, -0.05) is 11.8 Å². The number of thiophene rings is 1. The minimum absolute atomic E-state index is 0.0221. The molecule has 2 aromatic rings. The largest absolute Gasteiger partial charge is 0.376 e. The first-order valence-electron chi connectivity index (χ1n) is 6.52. The molecule has 0 bridgehead atoms. The van der Waals surface area contributed by atoms with E-state index >= 15 is 0 Å². The van der Waals surface area contributed by atoms with Gasteiger partial charge in [0.25, 0.3) is 0 Å². The van der Waals surface area contributed by atoms with Gasteiger partial charge in [-0.25, -0.2) is 9.97 Å². The summed E-state index contributed by atoms with van der Waals surface area (Å²) in [6, 6.07) is 1.96. The van der Waals surface area contributed by atoms with Crippen LogP contribution in [-0.4, -0.2) is 40.9 Å². The monoisotopic (exact) mass is 309 g/mol. The Morgan fingerprint density at radius 1 is 1.55 bits per heavy atom. The molecule has 106 valence electrons. The molecular weight excluding hydrogens is 294 g/mol. The van der Waals surface area contributed by atoms with E-state index in [9.17, 15) is 4.79 Å². The Kier molecular flexibility index (Phi) is 4.49. The quantitative estimate of drug-likeness (QED) is 0.677. The Bertz CT molecular complexity index is 596. The molecule has 1 amide bonds. The number of nitrogens with one attached hydrogen (secondary N) is 1. The van der Waals surface area contributed by atoms with Crippen molar-refractivity contribution < 1.29 is 9.53 Å². The number of rotatable bonds is 5. The van der Waals surface area contributed by atoms with E-state index in [0.29, 0.717) is 12.3 Å². The molecule has 1 unspecified atom stereocenters. The van der Waals surface area contributed by atoms with Crippen LogP contribution in [0.5, 0.6) is 0 Å². The lowest BCUT2D eigenvalue weighted by Crippen LogP contribution is -2.32. The summed E-state index contributed by atoms with van der Waals surface area (Å²) in [5.74, 6) is 0.394. The highest BCUT2D eigenvalue weighted by Crippen LogP contribution is 2.28. The summed E-state index contributed by atoms with van der Waals surface area (Å²) in [6.07, 6.45) is 3.86. The van der Waals surface area contributed by atoms with Crippen LogP contribution in [0.4, 0.5) is 0 Å². The fourth-order valence-corrected chi connectivity index (χ4v) is 3.86. The van der Waals surface area contributed by atoms with Crippen molar-refractivity contribution in [2.45, 2.75) is 24.0 Å². The predicted molar refractivity (Wildman–Crippen MR) is 80.1 cm³/mol. The minimum Gasteiger partial charge on any atom is -0.376 e. The molecule has 1 aliphatic heterocycles. The van der Waals surface area contributed by atoms with E-state index in [1.165, 1.54) is 11.8 Å². The number of thioether (sulfide) groups is 1. The number of aromatic nitrogens is 2. The molecule has 5 nitrogen and oxygen atoms in total. The van der Waals surface area contributed by atoms with Crippen LogP contribution < -0.4 is 5.32 Å². The first-order chi connectivity index (χ1) is 9.83. The average Bonchev–Trinajstić information content (AvgIpc) is 3.13. The van der Waals surface area contributed by atoms with Gasteiger partial charge >= 0.3 is 0 Å². The zero-order valence-electron chi connectivity index (χ0n) is 10.9. The minimum atomic E-state index is 0.0221. The Balaban J connectivity index is 1.51. The Hall–Kier alpha value is -1.18. The molecule has 0 saturated carbocycles. The smallest absolute Gasteiger partial charge is 0.230 e. The van der Waals surface area contributed by atoms with Crippen molar-refractivity contribution >= 4 is 39.2 Å². The summed E-state index contributed by atoms with van der Waals surface area (Å²) >= 11 is 3.05. The molecule has 1 N–H and O–H groups in total. The van der Waals surface area contributed by atoms with Gasteiger partial charge in [-0.3, -0.25) is 4.79 Å². The highest BCUT2D eigenvalue weighted by molar-refractivity contribution is 8.00. The average molecular weight is 309 g/mol. The van der Waals surface area contributed by atoms with Gasteiger partial charge in [0, 0.05) is 13.2 Å². The standard InChI is InChI=1S/C13H15N3O2S2/c17-11(14-6-9-2-1-4-18-9)7-20-13-12-10(3-5-19-12)15-8-16-13/h3,5,8-9H,1-2,4,6-7H2,(H,14,17). The molecule has 0 aliphatic carbocycles. The van der Waals surface area contributed by atoms with Crippen molar-refractivity contribution in [1.82, 2.24) is 15.3 Å². The summed E-state index contributed by atoms with van der Waals surface area (Å²) in [7, 11) is 0. The van der Waals surface area contributed by atoms with Crippen molar-refractivity contribution in [2.75, 3.05) is 18.9 Å². The molecule has 0 spiro atoms. The number of hydrogen-bond acceptors (Lipinski definition) is 6. The van der Waals surface area contributed by atoms with E-state index in [2.05, 4.69) is 15.3 Å². The van der Waals surface area contributed by atoms with Crippen LogP contribution in [-0.2, 0) is 9.53 Å². The van der Waals surface area contributed by atoms with Crippen LogP contribution in [0.2, 0.25) is 0 Å². The number of carbonyl (C=O) groups excluding carboxylic acids is 1. The molecule has 2 aromatic heterocycles. The highest BCUT2D eigenvalue weighted by Gasteiger charge is 2.16. The third kappa shape index (κ3) is 3.28. The van der Waals surface area contributed by atoms with E-state index in [0.717, 1.165) is 34.7 Å². The predicted octanol–water partition coefficient (Wildman–Crippen LogP) is 2.08. The number of hydrogen-bond donors (Lipinski definition) is 1. The van der Waals surface area contributed by atoms with Crippen molar-refractivity contribution in [3.63, 3.8) is 0 Å². The molecule has 0 radical (unpaired) electrons. The first kappa shape index (κ1) is 13.8. The van der Waals surface area contributed by atoms with Crippen molar-refractivity contribution in [1.29, 1.82) is 0 Å². The van der Waals surface area contributed by atoms with Gasteiger partial charge in [-0.2, -0.15) is 0 Å². The number of ether oxygens (including phenoxy) is 1. The Labute approximate surface area is 125 Å².